The Morgan fingerprint density at radius 1 is 1.23 bits per heavy atom. The van der Waals surface area contributed by atoms with Crippen LogP contribution in [0, 0.1) is 17.1 Å². The number of nitrogens with zero attached hydrogens (tertiary/aromatic N) is 2. The van der Waals surface area contributed by atoms with Crippen LogP contribution >= 0.6 is 0 Å². The third-order valence-corrected chi connectivity index (χ3v) is 3.67. The Hall–Kier alpha value is -2.93. The van der Waals surface area contributed by atoms with Gasteiger partial charge in [-0.3, -0.25) is 4.79 Å². The van der Waals surface area contributed by atoms with E-state index in [1.165, 1.54) is 13.0 Å². The van der Waals surface area contributed by atoms with Crippen LogP contribution < -0.4 is 0 Å². The second kappa shape index (κ2) is 5.45. The van der Waals surface area contributed by atoms with Crippen molar-refractivity contribution in [1.82, 2.24) is 4.57 Å². The Morgan fingerprint density at radius 2 is 1.95 bits per heavy atom. The molecule has 3 rings (SSSR count). The molecule has 2 aromatic carbocycles. The van der Waals surface area contributed by atoms with Gasteiger partial charge < -0.3 is 4.57 Å². The SMILES string of the molecule is CC(=O)c1cn(Cc2ccc(C#N)cc2)c2cccc(F)c12. The summed E-state index contributed by atoms with van der Waals surface area (Å²) < 4.78 is 15.9. The van der Waals surface area contributed by atoms with Gasteiger partial charge in [0.15, 0.2) is 5.78 Å². The molecule has 0 aliphatic carbocycles. The third-order valence-electron chi connectivity index (χ3n) is 3.67. The average Bonchev–Trinajstić information content (AvgIpc) is 2.89. The molecule has 0 radical (unpaired) electrons. The zero-order valence-corrected chi connectivity index (χ0v) is 12.0. The fourth-order valence-corrected chi connectivity index (χ4v) is 2.59. The molecule has 0 saturated heterocycles. The molecule has 0 aliphatic rings. The number of carbonyl (C=O) groups excluding carboxylic acids is 1. The largest absolute Gasteiger partial charge is 0.342 e. The van der Waals surface area contributed by atoms with Gasteiger partial charge in [0, 0.05) is 23.7 Å². The van der Waals surface area contributed by atoms with Crippen LogP contribution in [0.2, 0.25) is 0 Å². The highest BCUT2D eigenvalue weighted by Gasteiger charge is 2.15. The Balaban J connectivity index is 2.09. The number of hydrogen-bond acceptors (Lipinski definition) is 2. The number of hydrogen-bond donors (Lipinski definition) is 0. The quantitative estimate of drug-likeness (QED) is 0.687. The Morgan fingerprint density at radius 3 is 2.59 bits per heavy atom. The van der Waals surface area contributed by atoms with Gasteiger partial charge in [0.25, 0.3) is 0 Å². The van der Waals surface area contributed by atoms with E-state index in [0.717, 1.165) is 5.56 Å². The molecular formula is C18H13FN2O. The lowest BCUT2D eigenvalue weighted by atomic mass is 10.1. The molecule has 0 fully saturated rings. The maximum absolute atomic E-state index is 14.1. The normalized spacial score (nSPS) is 10.6. The fourth-order valence-electron chi connectivity index (χ4n) is 2.59. The van der Waals surface area contributed by atoms with E-state index in [2.05, 4.69) is 6.07 Å². The summed E-state index contributed by atoms with van der Waals surface area (Å²) in [5, 5.41) is 9.18. The summed E-state index contributed by atoms with van der Waals surface area (Å²) in [7, 11) is 0. The van der Waals surface area contributed by atoms with Crippen molar-refractivity contribution in [2.75, 3.05) is 0 Å². The number of Topliss-reactive ketones (excluding diaryl/α,β-unsaturated/α-hetero) is 1. The topological polar surface area (TPSA) is 45.8 Å². The molecule has 108 valence electrons. The average molecular weight is 292 g/mol. The Bertz CT molecular complexity index is 901. The van der Waals surface area contributed by atoms with Gasteiger partial charge in [0.05, 0.1) is 17.1 Å². The predicted octanol–water partition coefficient (Wildman–Crippen LogP) is 3.90. The van der Waals surface area contributed by atoms with Gasteiger partial charge in [0.2, 0.25) is 0 Å². The summed E-state index contributed by atoms with van der Waals surface area (Å²) in [6.45, 7) is 1.95. The molecule has 4 heteroatoms. The molecule has 3 nitrogen and oxygen atoms in total. The zero-order chi connectivity index (χ0) is 15.7. The van der Waals surface area contributed by atoms with Gasteiger partial charge in [-0.1, -0.05) is 18.2 Å². The van der Waals surface area contributed by atoms with Crippen LogP contribution in [0.5, 0.6) is 0 Å². The Kier molecular flexibility index (Phi) is 3.48. The van der Waals surface area contributed by atoms with E-state index in [4.69, 9.17) is 5.26 Å². The number of halogens is 1. The van der Waals surface area contributed by atoms with Crippen LogP contribution in [0.4, 0.5) is 4.39 Å². The number of rotatable bonds is 3. The van der Waals surface area contributed by atoms with Gasteiger partial charge in [-0.05, 0) is 36.8 Å². The zero-order valence-electron chi connectivity index (χ0n) is 12.0. The van der Waals surface area contributed by atoms with Gasteiger partial charge in [0.1, 0.15) is 5.82 Å². The summed E-state index contributed by atoms with van der Waals surface area (Å²) in [4.78, 5) is 11.7. The summed E-state index contributed by atoms with van der Waals surface area (Å²) in [6, 6.07) is 14.1. The lowest BCUT2D eigenvalue weighted by Gasteiger charge is -2.05. The monoisotopic (exact) mass is 292 g/mol. The van der Waals surface area contributed by atoms with Crippen molar-refractivity contribution in [2.24, 2.45) is 0 Å². The van der Waals surface area contributed by atoms with Gasteiger partial charge >= 0.3 is 0 Å². The minimum absolute atomic E-state index is 0.159. The van der Waals surface area contributed by atoms with Crippen molar-refractivity contribution >= 4 is 16.7 Å². The molecule has 0 bridgehead atoms. The van der Waals surface area contributed by atoms with E-state index in [1.54, 1.807) is 30.5 Å². The number of carbonyl (C=O) groups is 1. The predicted molar refractivity (Wildman–Crippen MR) is 82.2 cm³/mol. The molecule has 1 aromatic heterocycles. The van der Waals surface area contributed by atoms with E-state index in [1.807, 2.05) is 16.7 Å². The third kappa shape index (κ3) is 2.38. The van der Waals surface area contributed by atoms with Crippen molar-refractivity contribution in [1.29, 1.82) is 5.26 Å². The van der Waals surface area contributed by atoms with Crippen LogP contribution in [0.1, 0.15) is 28.4 Å². The van der Waals surface area contributed by atoms with Gasteiger partial charge in [-0.15, -0.1) is 0 Å². The van der Waals surface area contributed by atoms with Crippen LogP contribution in [0.15, 0.2) is 48.7 Å². The molecule has 0 atom stereocenters. The highest BCUT2D eigenvalue weighted by molar-refractivity contribution is 6.07. The minimum atomic E-state index is -0.388. The van der Waals surface area contributed by atoms with E-state index >= 15 is 0 Å². The minimum Gasteiger partial charge on any atom is -0.342 e. The second-order valence-corrected chi connectivity index (χ2v) is 5.17. The molecule has 0 aliphatic heterocycles. The number of benzene rings is 2. The van der Waals surface area contributed by atoms with Gasteiger partial charge in [-0.25, -0.2) is 4.39 Å². The first-order chi connectivity index (χ1) is 10.6. The number of nitriles is 1. The molecule has 0 unspecified atom stereocenters. The lowest BCUT2D eigenvalue weighted by Crippen LogP contribution is -1.98. The molecular weight excluding hydrogens is 279 g/mol. The smallest absolute Gasteiger partial charge is 0.162 e. The molecule has 3 aromatic rings. The molecule has 1 heterocycles. The van der Waals surface area contributed by atoms with Crippen molar-refractivity contribution in [2.45, 2.75) is 13.5 Å². The van der Waals surface area contributed by atoms with E-state index in [9.17, 15) is 9.18 Å². The standard InChI is InChI=1S/C18H13FN2O/c1-12(22)15-11-21(17-4-2-3-16(19)18(15)17)10-14-7-5-13(9-20)6-8-14/h2-8,11H,10H2,1H3. The van der Waals surface area contributed by atoms with Crippen molar-refractivity contribution < 1.29 is 9.18 Å². The number of ketones is 1. The van der Waals surface area contributed by atoms with Gasteiger partial charge in [-0.2, -0.15) is 5.26 Å². The lowest BCUT2D eigenvalue weighted by molar-refractivity contribution is 0.101. The number of aromatic nitrogens is 1. The van der Waals surface area contributed by atoms with Crippen molar-refractivity contribution in [3.63, 3.8) is 0 Å². The summed E-state index contributed by atoms with van der Waals surface area (Å²) in [5.41, 5.74) is 2.66. The van der Waals surface area contributed by atoms with Crippen molar-refractivity contribution in [3.05, 3.63) is 71.2 Å². The first-order valence-electron chi connectivity index (χ1n) is 6.87. The van der Waals surface area contributed by atoms with Crippen LogP contribution in [-0.2, 0) is 6.54 Å². The fraction of sp³-hybridized carbons (Fsp3) is 0.111. The first kappa shape index (κ1) is 14.0. The highest BCUT2D eigenvalue weighted by atomic mass is 19.1. The molecule has 0 spiro atoms. The van der Waals surface area contributed by atoms with E-state index in [0.29, 0.717) is 28.6 Å². The van der Waals surface area contributed by atoms with Crippen molar-refractivity contribution in [3.8, 4) is 6.07 Å². The molecule has 0 saturated carbocycles. The molecule has 0 amide bonds. The van der Waals surface area contributed by atoms with Crippen LogP contribution in [0.3, 0.4) is 0 Å². The van der Waals surface area contributed by atoms with E-state index in [-0.39, 0.29) is 11.6 Å². The molecule has 22 heavy (non-hydrogen) atoms. The maximum Gasteiger partial charge on any atom is 0.162 e. The second-order valence-electron chi connectivity index (χ2n) is 5.17. The number of fused-ring (bicyclic) bond motifs is 1. The van der Waals surface area contributed by atoms with E-state index < -0.39 is 0 Å². The summed E-state index contributed by atoms with van der Waals surface area (Å²) in [5.74, 6) is -0.546. The maximum atomic E-state index is 14.1. The summed E-state index contributed by atoms with van der Waals surface area (Å²) in [6.07, 6.45) is 1.69. The highest BCUT2D eigenvalue weighted by Crippen LogP contribution is 2.25. The first-order valence-corrected chi connectivity index (χ1v) is 6.87. The molecule has 0 N–H and O–H groups in total. The summed E-state index contributed by atoms with van der Waals surface area (Å²) >= 11 is 0. The Labute approximate surface area is 127 Å². The van der Waals surface area contributed by atoms with Crippen LogP contribution in [0.25, 0.3) is 10.9 Å². The van der Waals surface area contributed by atoms with Crippen LogP contribution in [-0.4, -0.2) is 10.4 Å².